The van der Waals surface area contributed by atoms with Crippen molar-refractivity contribution in [2.75, 3.05) is 5.75 Å². The SMILES string of the molecule is C[C@@H](NC(=O)CSc1nnnn1-c1cccc(F)c1)c1cccc2ccccc12. The van der Waals surface area contributed by atoms with Crippen LogP contribution in [0.2, 0.25) is 0 Å². The zero-order valence-corrected chi connectivity index (χ0v) is 16.4. The second-order valence-electron chi connectivity index (χ2n) is 6.50. The van der Waals surface area contributed by atoms with Gasteiger partial charge in [0, 0.05) is 0 Å². The molecule has 8 heteroatoms. The van der Waals surface area contributed by atoms with Gasteiger partial charge in [-0.2, -0.15) is 4.68 Å². The van der Waals surface area contributed by atoms with E-state index in [1.54, 1.807) is 12.1 Å². The maximum Gasteiger partial charge on any atom is 0.230 e. The predicted octanol–water partition coefficient (Wildman–Crippen LogP) is 3.92. The zero-order chi connectivity index (χ0) is 20.2. The van der Waals surface area contributed by atoms with Crippen LogP contribution in [0.5, 0.6) is 0 Å². The van der Waals surface area contributed by atoms with Crippen molar-refractivity contribution in [1.29, 1.82) is 0 Å². The molecule has 0 saturated carbocycles. The molecule has 0 bridgehead atoms. The standard InChI is InChI=1S/C21H18FN5OS/c1-14(18-11-4-7-15-6-2-3-10-19(15)18)23-20(28)13-29-21-24-25-26-27(21)17-9-5-8-16(22)12-17/h2-12,14H,13H2,1H3,(H,23,28)/t14-/m1/s1. The Labute approximate surface area is 171 Å². The average Bonchev–Trinajstić information content (AvgIpc) is 3.20. The first kappa shape index (κ1) is 19.1. The number of tetrazole rings is 1. The molecule has 1 amide bonds. The van der Waals surface area contributed by atoms with E-state index in [0.717, 1.165) is 16.3 Å². The Morgan fingerprint density at radius 3 is 2.79 bits per heavy atom. The van der Waals surface area contributed by atoms with Crippen molar-refractivity contribution < 1.29 is 9.18 Å². The zero-order valence-electron chi connectivity index (χ0n) is 15.6. The quantitative estimate of drug-likeness (QED) is 0.491. The van der Waals surface area contributed by atoms with Crippen LogP contribution in [0.1, 0.15) is 18.5 Å². The van der Waals surface area contributed by atoms with Gasteiger partial charge in [0.25, 0.3) is 0 Å². The number of rotatable bonds is 6. The minimum atomic E-state index is -0.379. The summed E-state index contributed by atoms with van der Waals surface area (Å²) in [6, 6.07) is 20.0. The van der Waals surface area contributed by atoms with Gasteiger partial charge in [-0.1, -0.05) is 60.3 Å². The molecule has 0 aliphatic rings. The van der Waals surface area contributed by atoms with Crippen molar-refractivity contribution >= 4 is 28.4 Å². The Kier molecular flexibility index (Phi) is 5.53. The van der Waals surface area contributed by atoms with E-state index in [0.29, 0.717) is 10.8 Å². The van der Waals surface area contributed by atoms with Crippen LogP contribution in [0.3, 0.4) is 0 Å². The van der Waals surface area contributed by atoms with Gasteiger partial charge in [-0.3, -0.25) is 4.79 Å². The van der Waals surface area contributed by atoms with Gasteiger partial charge < -0.3 is 5.32 Å². The summed E-state index contributed by atoms with van der Waals surface area (Å²) in [6.45, 7) is 1.96. The van der Waals surface area contributed by atoms with Gasteiger partial charge in [-0.25, -0.2) is 4.39 Å². The lowest BCUT2D eigenvalue weighted by Crippen LogP contribution is -2.28. The molecule has 6 nitrogen and oxygen atoms in total. The summed E-state index contributed by atoms with van der Waals surface area (Å²) in [7, 11) is 0. The van der Waals surface area contributed by atoms with Crippen LogP contribution in [0.15, 0.2) is 71.9 Å². The highest BCUT2D eigenvalue weighted by Gasteiger charge is 2.15. The van der Waals surface area contributed by atoms with E-state index >= 15 is 0 Å². The Morgan fingerprint density at radius 2 is 1.93 bits per heavy atom. The molecule has 146 valence electrons. The van der Waals surface area contributed by atoms with Crippen molar-refractivity contribution in [3.8, 4) is 5.69 Å². The highest BCUT2D eigenvalue weighted by Crippen LogP contribution is 2.24. The fourth-order valence-electron chi connectivity index (χ4n) is 3.16. The molecule has 1 aromatic heterocycles. The van der Waals surface area contributed by atoms with Gasteiger partial charge in [0.05, 0.1) is 17.5 Å². The summed E-state index contributed by atoms with van der Waals surface area (Å²) >= 11 is 1.20. The Balaban J connectivity index is 1.43. The molecule has 0 saturated heterocycles. The van der Waals surface area contributed by atoms with Crippen LogP contribution in [0, 0.1) is 5.82 Å². The number of amides is 1. The van der Waals surface area contributed by atoms with Crippen LogP contribution in [0.4, 0.5) is 4.39 Å². The summed E-state index contributed by atoms with van der Waals surface area (Å²) < 4.78 is 14.9. The number of hydrogen-bond donors (Lipinski definition) is 1. The number of halogens is 1. The highest BCUT2D eigenvalue weighted by atomic mass is 32.2. The summed E-state index contributed by atoms with van der Waals surface area (Å²) in [5.74, 6) is -0.370. The molecule has 0 aliphatic carbocycles. The van der Waals surface area contributed by atoms with Gasteiger partial charge in [0.1, 0.15) is 5.82 Å². The van der Waals surface area contributed by atoms with Crippen molar-refractivity contribution in [3.63, 3.8) is 0 Å². The van der Waals surface area contributed by atoms with Crippen LogP contribution in [-0.2, 0) is 4.79 Å². The first-order valence-corrected chi connectivity index (χ1v) is 10.0. The molecule has 0 spiro atoms. The number of nitrogens with zero attached hydrogens (tertiary/aromatic N) is 4. The lowest BCUT2D eigenvalue weighted by atomic mass is 10.00. The van der Waals surface area contributed by atoms with E-state index in [2.05, 4.69) is 39.0 Å². The lowest BCUT2D eigenvalue weighted by Gasteiger charge is -2.16. The molecule has 1 heterocycles. The molecular formula is C21H18FN5OS. The number of fused-ring (bicyclic) bond motifs is 1. The smallest absolute Gasteiger partial charge is 0.230 e. The summed E-state index contributed by atoms with van der Waals surface area (Å²) in [4.78, 5) is 12.5. The first-order chi connectivity index (χ1) is 14.1. The molecule has 4 rings (SSSR count). The van der Waals surface area contributed by atoms with E-state index in [1.165, 1.54) is 28.6 Å². The van der Waals surface area contributed by atoms with E-state index in [-0.39, 0.29) is 23.5 Å². The van der Waals surface area contributed by atoms with E-state index in [1.807, 2.05) is 31.2 Å². The van der Waals surface area contributed by atoms with Crippen LogP contribution < -0.4 is 5.32 Å². The van der Waals surface area contributed by atoms with Gasteiger partial charge >= 0.3 is 0 Å². The van der Waals surface area contributed by atoms with E-state index in [9.17, 15) is 9.18 Å². The molecular weight excluding hydrogens is 389 g/mol. The summed E-state index contributed by atoms with van der Waals surface area (Å²) in [5, 5.41) is 17.1. The number of carbonyl (C=O) groups is 1. The monoisotopic (exact) mass is 407 g/mol. The minimum Gasteiger partial charge on any atom is -0.349 e. The molecule has 29 heavy (non-hydrogen) atoms. The Morgan fingerprint density at radius 1 is 1.14 bits per heavy atom. The van der Waals surface area contributed by atoms with Gasteiger partial charge in [-0.05, 0) is 51.9 Å². The molecule has 3 aromatic carbocycles. The molecule has 4 aromatic rings. The molecule has 0 radical (unpaired) electrons. The maximum atomic E-state index is 13.5. The van der Waals surface area contributed by atoms with Gasteiger partial charge in [-0.15, -0.1) is 5.10 Å². The lowest BCUT2D eigenvalue weighted by molar-refractivity contribution is -0.119. The average molecular weight is 407 g/mol. The number of hydrogen-bond acceptors (Lipinski definition) is 5. The normalized spacial score (nSPS) is 12.1. The number of nitrogens with one attached hydrogen (secondary N) is 1. The highest BCUT2D eigenvalue weighted by molar-refractivity contribution is 7.99. The Hall–Kier alpha value is -3.26. The fraction of sp³-hybridized carbons (Fsp3) is 0.143. The topological polar surface area (TPSA) is 72.7 Å². The number of aromatic nitrogens is 4. The predicted molar refractivity (Wildman–Crippen MR) is 110 cm³/mol. The van der Waals surface area contributed by atoms with E-state index in [4.69, 9.17) is 0 Å². The maximum absolute atomic E-state index is 13.5. The van der Waals surface area contributed by atoms with Gasteiger partial charge in [0.2, 0.25) is 11.1 Å². The van der Waals surface area contributed by atoms with Crippen LogP contribution in [-0.4, -0.2) is 31.9 Å². The Bertz CT molecular complexity index is 1160. The minimum absolute atomic E-state index is 0.135. The summed E-state index contributed by atoms with van der Waals surface area (Å²) in [6.07, 6.45) is 0. The number of benzene rings is 3. The van der Waals surface area contributed by atoms with Gasteiger partial charge in [0.15, 0.2) is 0 Å². The number of thioether (sulfide) groups is 1. The van der Waals surface area contributed by atoms with Crippen molar-refractivity contribution in [2.24, 2.45) is 0 Å². The third-order valence-corrected chi connectivity index (χ3v) is 5.41. The molecule has 1 N–H and O–H groups in total. The molecule has 0 unspecified atom stereocenters. The largest absolute Gasteiger partial charge is 0.349 e. The first-order valence-electron chi connectivity index (χ1n) is 9.06. The van der Waals surface area contributed by atoms with E-state index < -0.39 is 0 Å². The molecule has 0 fully saturated rings. The van der Waals surface area contributed by atoms with Crippen LogP contribution >= 0.6 is 11.8 Å². The van der Waals surface area contributed by atoms with Crippen molar-refractivity contribution in [3.05, 3.63) is 78.1 Å². The fourth-order valence-corrected chi connectivity index (χ4v) is 3.86. The van der Waals surface area contributed by atoms with Crippen LogP contribution in [0.25, 0.3) is 16.5 Å². The third-order valence-electron chi connectivity index (χ3n) is 4.49. The molecule has 1 atom stereocenters. The second-order valence-corrected chi connectivity index (χ2v) is 7.44. The third kappa shape index (κ3) is 4.27. The van der Waals surface area contributed by atoms with Crippen molar-refractivity contribution in [1.82, 2.24) is 25.5 Å². The second kappa shape index (κ2) is 8.40. The van der Waals surface area contributed by atoms with Crippen molar-refractivity contribution in [2.45, 2.75) is 18.1 Å². The molecule has 0 aliphatic heterocycles. The number of carbonyl (C=O) groups excluding carboxylic acids is 1. The summed E-state index contributed by atoms with van der Waals surface area (Å²) in [5.41, 5.74) is 1.56.